The van der Waals surface area contributed by atoms with Gasteiger partial charge in [0, 0.05) is 0 Å². The Balaban J connectivity index is 1.74. The van der Waals surface area contributed by atoms with E-state index in [0.29, 0.717) is 21.8 Å². The zero-order chi connectivity index (χ0) is 18.8. The van der Waals surface area contributed by atoms with Crippen LogP contribution in [0.2, 0.25) is 5.02 Å². The highest BCUT2D eigenvalue weighted by Crippen LogP contribution is 2.31. The fourth-order valence-corrected chi connectivity index (χ4v) is 3.67. The molecule has 4 rings (SSSR count). The standard InChI is InChI=1S/C20H14ClN3O2S/c1-26-13-10-8-12(9-11-13)14-4-2-5-15(21)18(14)20(25)22-16-6-3-7-17-19(16)24-27-23-17/h2-11H,1H3,(H,22,25). The summed E-state index contributed by atoms with van der Waals surface area (Å²) in [6.45, 7) is 0. The van der Waals surface area contributed by atoms with E-state index in [0.717, 1.165) is 34.1 Å². The van der Waals surface area contributed by atoms with Crippen LogP contribution < -0.4 is 10.1 Å². The van der Waals surface area contributed by atoms with Crippen molar-refractivity contribution in [2.24, 2.45) is 0 Å². The van der Waals surface area contributed by atoms with E-state index in [2.05, 4.69) is 14.1 Å². The maximum Gasteiger partial charge on any atom is 0.257 e. The van der Waals surface area contributed by atoms with Crippen LogP contribution in [0.25, 0.3) is 22.2 Å². The SMILES string of the molecule is COc1ccc(-c2cccc(Cl)c2C(=O)Nc2cccc3nsnc23)cc1. The minimum absolute atomic E-state index is 0.299. The number of anilines is 1. The van der Waals surface area contributed by atoms with Gasteiger partial charge < -0.3 is 10.1 Å². The summed E-state index contributed by atoms with van der Waals surface area (Å²) < 4.78 is 13.7. The van der Waals surface area contributed by atoms with Crippen molar-refractivity contribution in [2.45, 2.75) is 0 Å². The Morgan fingerprint density at radius 1 is 1.04 bits per heavy atom. The highest BCUT2D eigenvalue weighted by molar-refractivity contribution is 7.00. The van der Waals surface area contributed by atoms with E-state index in [1.54, 1.807) is 19.2 Å². The number of amides is 1. The van der Waals surface area contributed by atoms with Gasteiger partial charge in [0.1, 0.15) is 16.8 Å². The van der Waals surface area contributed by atoms with Gasteiger partial charge in [0.2, 0.25) is 0 Å². The largest absolute Gasteiger partial charge is 0.497 e. The summed E-state index contributed by atoms with van der Waals surface area (Å²) in [5.74, 6) is 0.446. The predicted octanol–water partition coefficient (Wildman–Crippen LogP) is 5.27. The molecule has 5 nitrogen and oxygen atoms in total. The molecule has 0 aliphatic heterocycles. The maximum absolute atomic E-state index is 13.1. The molecule has 4 aromatic rings. The van der Waals surface area contributed by atoms with Crippen LogP contribution in [0.3, 0.4) is 0 Å². The van der Waals surface area contributed by atoms with Crippen molar-refractivity contribution in [3.8, 4) is 16.9 Å². The minimum Gasteiger partial charge on any atom is -0.497 e. The van der Waals surface area contributed by atoms with Gasteiger partial charge in [0.15, 0.2) is 0 Å². The average molecular weight is 396 g/mol. The third-order valence-corrected chi connectivity index (χ3v) is 5.03. The molecule has 0 fully saturated rings. The first-order valence-electron chi connectivity index (χ1n) is 8.13. The molecule has 1 heterocycles. The lowest BCUT2D eigenvalue weighted by atomic mass is 9.99. The van der Waals surface area contributed by atoms with Crippen LogP contribution in [-0.2, 0) is 0 Å². The molecule has 0 unspecified atom stereocenters. The Morgan fingerprint density at radius 3 is 2.59 bits per heavy atom. The first kappa shape index (κ1) is 17.5. The lowest BCUT2D eigenvalue weighted by Crippen LogP contribution is -2.14. The number of ether oxygens (including phenoxy) is 1. The molecule has 27 heavy (non-hydrogen) atoms. The number of benzene rings is 3. The summed E-state index contributed by atoms with van der Waals surface area (Å²) in [5, 5.41) is 3.30. The van der Waals surface area contributed by atoms with E-state index < -0.39 is 0 Å². The quantitative estimate of drug-likeness (QED) is 0.511. The second-order valence-corrected chi connectivity index (χ2v) is 6.72. The van der Waals surface area contributed by atoms with Gasteiger partial charge in [-0.1, -0.05) is 41.9 Å². The third-order valence-electron chi connectivity index (χ3n) is 4.18. The molecule has 1 aromatic heterocycles. The van der Waals surface area contributed by atoms with Crippen molar-refractivity contribution in [1.82, 2.24) is 8.75 Å². The molecule has 0 radical (unpaired) electrons. The Labute approximate surface area is 164 Å². The van der Waals surface area contributed by atoms with Gasteiger partial charge in [-0.25, -0.2) is 0 Å². The van der Waals surface area contributed by atoms with Crippen LogP contribution in [0.4, 0.5) is 5.69 Å². The summed E-state index contributed by atoms with van der Waals surface area (Å²) in [4.78, 5) is 13.1. The van der Waals surface area contributed by atoms with E-state index >= 15 is 0 Å². The highest BCUT2D eigenvalue weighted by Gasteiger charge is 2.18. The fourth-order valence-electron chi connectivity index (χ4n) is 2.86. The van der Waals surface area contributed by atoms with Crippen LogP contribution >= 0.6 is 23.3 Å². The molecular weight excluding hydrogens is 382 g/mol. The molecule has 0 saturated carbocycles. The number of rotatable bonds is 4. The summed E-state index contributed by atoms with van der Waals surface area (Å²) in [5.41, 5.74) is 4.03. The number of carbonyl (C=O) groups is 1. The lowest BCUT2D eigenvalue weighted by molar-refractivity contribution is 0.102. The first-order chi connectivity index (χ1) is 13.2. The molecular formula is C20H14ClN3O2S. The van der Waals surface area contributed by atoms with Gasteiger partial charge in [-0.3, -0.25) is 4.79 Å². The van der Waals surface area contributed by atoms with Gasteiger partial charge in [-0.05, 0) is 41.5 Å². The van der Waals surface area contributed by atoms with E-state index in [4.69, 9.17) is 16.3 Å². The van der Waals surface area contributed by atoms with Crippen LogP contribution in [0.1, 0.15) is 10.4 Å². The maximum atomic E-state index is 13.1. The van der Waals surface area contributed by atoms with E-state index in [1.165, 1.54) is 0 Å². The molecule has 0 saturated heterocycles. The summed E-state index contributed by atoms with van der Waals surface area (Å²) in [6, 6.07) is 18.4. The fraction of sp³-hybridized carbons (Fsp3) is 0.0500. The summed E-state index contributed by atoms with van der Waals surface area (Å²) in [7, 11) is 1.61. The second kappa shape index (κ2) is 7.34. The van der Waals surface area contributed by atoms with Crippen LogP contribution in [0.5, 0.6) is 5.75 Å². The zero-order valence-electron chi connectivity index (χ0n) is 14.3. The molecule has 1 N–H and O–H groups in total. The number of aromatic nitrogens is 2. The predicted molar refractivity (Wildman–Crippen MR) is 109 cm³/mol. The van der Waals surface area contributed by atoms with Gasteiger partial charge in [0.05, 0.1) is 35.1 Å². The van der Waals surface area contributed by atoms with E-state index in [1.807, 2.05) is 48.5 Å². The second-order valence-electron chi connectivity index (χ2n) is 5.78. The number of hydrogen-bond donors (Lipinski definition) is 1. The van der Waals surface area contributed by atoms with Crippen molar-refractivity contribution >= 4 is 46.0 Å². The molecule has 3 aromatic carbocycles. The van der Waals surface area contributed by atoms with Crippen molar-refractivity contribution in [3.63, 3.8) is 0 Å². The third kappa shape index (κ3) is 3.37. The Bertz CT molecular complexity index is 1130. The number of nitrogens with one attached hydrogen (secondary N) is 1. The molecule has 0 aliphatic rings. The molecule has 134 valence electrons. The molecule has 0 spiro atoms. The van der Waals surface area contributed by atoms with E-state index in [9.17, 15) is 4.79 Å². The molecule has 1 amide bonds. The van der Waals surface area contributed by atoms with Crippen LogP contribution in [-0.4, -0.2) is 21.8 Å². The van der Waals surface area contributed by atoms with Crippen molar-refractivity contribution in [3.05, 3.63) is 71.2 Å². The highest BCUT2D eigenvalue weighted by atomic mass is 35.5. The van der Waals surface area contributed by atoms with Crippen molar-refractivity contribution in [1.29, 1.82) is 0 Å². The number of nitrogens with zero attached hydrogens (tertiary/aromatic N) is 2. The Morgan fingerprint density at radius 2 is 1.81 bits per heavy atom. The number of carbonyl (C=O) groups excluding carboxylic acids is 1. The number of hydrogen-bond acceptors (Lipinski definition) is 5. The van der Waals surface area contributed by atoms with Gasteiger partial charge >= 0.3 is 0 Å². The van der Waals surface area contributed by atoms with Crippen molar-refractivity contribution < 1.29 is 9.53 Å². The summed E-state index contributed by atoms with van der Waals surface area (Å²) in [6.07, 6.45) is 0. The smallest absolute Gasteiger partial charge is 0.257 e. The number of fused-ring (bicyclic) bond motifs is 1. The Kier molecular flexibility index (Phi) is 4.75. The monoisotopic (exact) mass is 395 g/mol. The number of methoxy groups -OCH3 is 1. The van der Waals surface area contributed by atoms with E-state index in [-0.39, 0.29) is 5.91 Å². The topological polar surface area (TPSA) is 64.1 Å². The van der Waals surface area contributed by atoms with Gasteiger partial charge in [-0.15, -0.1) is 0 Å². The van der Waals surface area contributed by atoms with Crippen molar-refractivity contribution in [2.75, 3.05) is 12.4 Å². The zero-order valence-corrected chi connectivity index (χ0v) is 15.8. The number of halogens is 1. The van der Waals surface area contributed by atoms with Crippen LogP contribution in [0, 0.1) is 0 Å². The first-order valence-corrected chi connectivity index (χ1v) is 9.24. The summed E-state index contributed by atoms with van der Waals surface area (Å²) >= 11 is 7.49. The Hall–Kier alpha value is -2.96. The average Bonchev–Trinajstić information content (AvgIpc) is 3.17. The lowest BCUT2D eigenvalue weighted by Gasteiger charge is -2.13. The molecule has 0 aliphatic carbocycles. The van der Waals surface area contributed by atoms with Gasteiger partial charge in [0.25, 0.3) is 5.91 Å². The van der Waals surface area contributed by atoms with Gasteiger partial charge in [-0.2, -0.15) is 8.75 Å². The molecule has 0 atom stereocenters. The normalized spacial score (nSPS) is 10.7. The van der Waals surface area contributed by atoms with Crippen LogP contribution in [0.15, 0.2) is 60.7 Å². The molecule has 7 heteroatoms. The molecule has 0 bridgehead atoms. The minimum atomic E-state index is -0.299.